The quantitative estimate of drug-likeness (QED) is 0.610. The Kier molecular flexibility index (Phi) is 5.86. The summed E-state index contributed by atoms with van der Waals surface area (Å²) in [6.07, 6.45) is 0. The van der Waals surface area contributed by atoms with Gasteiger partial charge in [-0.1, -0.05) is 48.5 Å². The van der Waals surface area contributed by atoms with Crippen molar-refractivity contribution < 1.29 is 0 Å². The first-order chi connectivity index (χ1) is 14.6. The van der Waals surface area contributed by atoms with Gasteiger partial charge in [-0.15, -0.1) is 0 Å². The van der Waals surface area contributed by atoms with Crippen LogP contribution in [-0.2, 0) is 0 Å². The highest BCUT2D eigenvalue weighted by Crippen LogP contribution is 2.25. The smallest absolute Gasteiger partial charge is 0.253 e. The molecule has 156 valence electrons. The first-order valence-electron chi connectivity index (χ1n) is 10.4. The average Bonchev–Trinajstić information content (AvgIpc) is 2.79. The summed E-state index contributed by atoms with van der Waals surface area (Å²) in [6, 6.07) is 20.6. The molecule has 0 saturated carbocycles. The van der Waals surface area contributed by atoms with Crippen molar-refractivity contribution in [1.29, 1.82) is 0 Å². The minimum absolute atomic E-state index is 0.110. The van der Waals surface area contributed by atoms with Crippen LogP contribution < -0.4 is 26.0 Å². The summed E-state index contributed by atoms with van der Waals surface area (Å²) in [4.78, 5) is 31.1. The van der Waals surface area contributed by atoms with Crippen molar-refractivity contribution in [3.05, 3.63) is 86.7 Å². The summed E-state index contributed by atoms with van der Waals surface area (Å²) in [5.74, 6) is 0. The fourth-order valence-corrected chi connectivity index (χ4v) is 4.14. The van der Waals surface area contributed by atoms with Gasteiger partial charge in [-0.05, 0) is 31.8 Å². The van der Waals surface area contributed by atoms with Gasteiger partial charge < -0.3 is 20.0 Å². The largest absolute Gasteiger partial charge is 0.378 e. The van der Waals surface area contributed by atoms with Gasteiger partial charge >= 0.3 is 0 Å². The van der Waals surface area contributed by atoms with E-state index in [1.54, 1.807) is 0 Å². The van der Waals surface area contributed by atoms with Crippen LogP contribution in [-0.4, -0.2) is 51.7 Å². The predicted molar refractivity (Wildman–Crippen MR) is 124 cm³/mol. The van der Waals surface area contributed by atoms with Crippen molar-refractivity contribution in [2.24, 2.45) is 0 Å². The predicted octanol–water partition coefficient (Wildman–Crippen LogP) is 2.32. The van der Waals surface area contributed by atoms with Crippen molar-refractivity contribution in [2.75, 3.05) is 61.9 Å². The third-order valence-corrected chi connectivity index (χ3v) is 5.88. The topological polar surface area (TPSA) is 55.9 Å². The fourth-order valence-electron chi connectivity index (χ4n) is 4.14. The Hall–Kier alpha value is -3.12. The number of nitrogens with one attached hydrogen (secondary N) is 1. The maximum absolute atomic E-state index is 12.4. The Bertz CT molecular complexity index is 1030. The summed E-state index contributed by atoms with van der Waals surface area (Å²) in [5, 5.41) is 3.28. The summed E-state index contributed by atoms with van der Waals surface area (Å²) in [6.45, 7) is 3.67. The van der Waals surface area contributed by atoms with E-state index in [4.69, 9.17) is 0 Å². The van der Waals surface area contributed by atoms with Gasteiger partial charge in [0.15, 0.2) is 0 Å². The van der Waals surface area contributed by atoms with E-state index < -0.39 is 5.43 Å². The third-order valence-electron chi connectivity index (χ3n) is 5.88. The summed E-state index contributed by atoms with van der Waals surface area (Å²) in [5.41, 5.74) is 2.62. The molecule has 0 aliphatic carbocycles. The standard InChI is InChI=1S/C24H28N4O2/c1-26(2)20(18-9-5-3-6-10-18)17-25-21-22(24(30)23(21)29)28-15-13-27(14-16-28)19-11-7-4-8-12-19/h3-12,20,25H,13-17H2,1-2H3/t20-/m0/s1. The second-order valence-corrected chi connectivity index (χ2v) is 7.96. The van der Waals surface area contributed by atoms with E-state index in [1.165, 1.54) is 11.3 Å². The van der Waals surface area contributed by atoms with E-state index in [0.717, 1.165) is 26.2 Å². The number of piperazine rings is 1. The molecule has 1 aliphatic heterocycles. The van der Waals surface area contributed by atoms with Crippen molar-refractivity contribution in [3.63, 3.8) is 0 Å². The molecule has 30 heavy (non-hydrogen) atoms. The number of benzene rings is 2. The van der Waals surface area contributed by atoms with Crippen LogP contribution in [0.25, 0.3) is 0 Å². The SMILES string of the molecule is CN(C)[C@@H](CNc1c(N2CCN(c3ccccc3)CC2)c(=O)c1=O)c1ccccc1. The molecule has 1 N–H and O–H groups in total. The van der Waals surface area contributed by atoms with E-state index >= 15 is 0 Å². The molecular weight excluding hydrogens is 376 g/mol. The molecule has 0 aromatic heterocycles. The van der Waals surface area contributed by atoms with Gasteiger partial charge in [0.1, 0.15) is 11.4 Å². The molecule has 0 unspecified atom stereocenters. The van der Waals surface area contributed by atoms with Crippen LogP contribution in [0.1, 0.15) is 11.6 Å². The van der Waals surface area contributed by atoms with Gasteiger partial charge in [-0.3, -0.25) is 9.59 Å². The highest BCUT2D eigenvalue weighted by Gasteiger charge is 2.29. The van der Waals surface area contributed by atoms with Crippen LogP contribution in [0.3, 0.4) is 0 Å². The van der Waals surface area contributed by atoms with Crippen molar-refractivity contribution in [3.8, 4) is 0 Å². The first-order valence-corrected chi connectivity index (χ1v) is 10.4. The Balaban J connectivity index is 1.44. The molecule has 3 aromatic rings. The lowest BCUT2D eigenvalue weighted by Crippen LogP contribution is -2.51. The highest BCUT2D eigenvalue weighted by molar-refractivity contribution is 5.75. The minimum Gasteiger partial charge on any atom is -0.378 e. The molecule has 0 radical (unpaired) electrons. The lowest BCUT2D eigenvalue weighted by Gasteiger charge is -2.38. The molecule has 4 rings (SSSR count). The maximum atomic E-state index is 12.4. The van der Waals surface area contributed by atoms with Crippen LogP contribution >= 0.6 is 0 Å². The number of likely N-dealkylation sites (N-methyl/N-ethyl adjacent to an activating group) is 1. The molecule has 6 heteroatoms. The van der Waals surface area contributed by atoms with E-state index in [2.05, 4.69) is 44.3 Å². The summed E-state index contributed by atoms with van der Waals surface area (Å²) in [7, 11) is 4.04. The number of anilines is 3. The zero-order valence-electron chi connectivity index (χ0n) is 17.5. The molecule has 1 aliphatic rings. The lowest BCUT2D eigenvalue weighted by molar-refractivity contribution is 0.312. The third kappa shape index (κ3) is 3.96. The Morgan fingerprint density at radius 3 is 2.00 bits per heavy atom. The normalized spacial score (nSPS) is 15.6. The summed E-state index contributed by atoms with van der Waals surface area (Å²) < 4.78 is 0. The molecule has 1 fully saturated rings. The van der Waals surface area contributed by atoms with E-state index in [-0.39, 0.29) is 11.5 Å². The number of para-hydroxylation sites is 1. The zero-order chi connectivity index (χ0) is 21.1. The van der Waals surface area contributed by atoms with Crippen molar-refractivity contribution in [1.82, 2.24) is 4.90 Å². The number of nitrogens with zero attached hydrogens (tertiary/aromatic N) is 3. The fraction of sp³-hybridized carbons (Fsp3) is 0.333. The Labute approximate surface area is 177 Å². The summed E-state index contributed by atoms with van der Waals surface area (Å²) >= 11 is 0. The van der Waals surface area contributed by atoms with Crippen LogP contribution in [0.4, 0.5) is 17.1 Å². The van der Waals surface area contributed by atoms with Crippen LogP contribution in [0.2, 0.25) is 0 Å². The number of hydrogen-bond donors (Lipinski definition) is 1. The molecule has 1 heterocycles. The maximum Gasteiger partial charge on any atom is 0.253 e. The van der Waals surface area contributed by atoms with E-state index in [1.807, 2.05) is 50.5 Å². The number of rotatable bonds is 7. The zero-order valence-corrected chi connectivity index (χ0v) is 17.5. The van der Waals surface area contributed by atoms with Gasteiger partial charge in [-0.25, -0.2) is 0 Å². The molecule has 3 aromatic carbocycles. The van der Waals surface area contributed by atoms with Crippen molar-refractivity contribution >= 4 is 17.1 Å². The second kappa shape index (κ2) is 8.71. The highest BCUT2D eigenvalue weighted by atomic mass is 16.2. The van der Waals surface area contributed by atoms with Gasteiger partial charge in [-0.2, -0.15) is 0 Å². The average molecular weight is 405 g/mol. The van der Waals surface area contributed by atoms with Crippen LogP contribution in [0, 0.1) is 0 Å². The lowest BCUT2D eigenvalue weighted by atomic mass is 10.1. The monoisotopic (exact) mass is 404 g/mol. The molecule has 0 spiro atoms. The van der Waals surface area contributed by atoms with Gasteiger partial charge in [0.05, 0.1) is 6.04 Å². The first kappa shape index (κ1) is 20.2. The molecule has 0 amide bonds. The minimum atomic E-state index is -0.402. The molecule has 0 bridgehead atoms. The Morgan fingerprint density at radius 1 is 0.833 bits per heavy atom. The second-order valence-electron chi connectivity index (χ2n) is 7.96. The van der Waals surface area contributed by atoms with Crippen LogP contribution in [0.5, 0.6) is 0 Å². The van der Waals surface area contributed by atoms with Crippen LogP contribution in [0.15, 0.2) is 70.3 Å². The molecular formula is C24H28N4O2. The van der Waals surface area contributed by atoms with E-state index in [9.17, 15) is 9.59 Å². The van der Waals surface area contributed by atoms with E-state index in [0.29, 0.717) is 17.9 Å². The van der Waals surface area contributed by atoms with Gasteiger partial charge in [0.2, 0.25) is 0 Å². The van der Waals surface area contributed by atoms with Crippen molar-refractivity contribution in [2.45, 2.75) is 6.04 Å². The number of hydrogen-bond acceptors (Lipinski definition) is 6. The van der Waals surface area contributed by atoms with Gasteiger partial charge in [0.25, 0.3) is 10.9 Å². The Morgan fingerprint density at radius 2 is 1.40 bits per heavy atom. The molecule has 6 nitrogen and oxygen atoms in total. The molecule has 1 atom stereocenters. The molecule has 1 saturated heterocycles. The van der Waals surface area contributed by atoms with Gasteiger partial charge in [0, 0.05) is 38.4 Å².